The van der Waals surface area contributed by atoms with Crippen molar-refractivity contribution in [2.24, 2.45) is 11.7 Å². The molecule has 116 valence electrons. The highest BCUT2D eigenvalue weighted by atomic mass is 16.5. The smallest absolute Gasteiger partial charge is 0.124 e. The SMILES string of the molecule is CC1CN(Cc2ccccc2OCc2ccccc2)CC1N. The molecule has 2 aromatic rings. The molecule has 22 heavy (non-hydrogen) atoms. The number of rotatable bonds is 5. The Morgan fingerprint density at radius 3 is 2.50 bits per heavy atom. The minimum absolute atomic E-state index is 0.289. The predicted molar refractivity (Wildman–Crippen MR) is 89.6 cm³/mol. The first-order valence-electron chi connectivity index (χ1n) is 7.95. The Morgan fingerprint density at radius 2 is 1.77 bits per heavy atom. The molecule has 1 aliphatic heterocycles. The summed E-state index contributed by atoms with van der Waals surface area (Å²) in [5.41, 5.74) is 8.55. The van der Waals surface area contributed by atoms with Crippen LogP contribution in [0.5, 0.6) is 5.75 Å². The molecule has 2 aromatic carbocycles. The van der Waals surface area contributed by atoms with Crippen LogP contribution in [0.15, 0.2) is 54.6 Å². The molecule has 1 saturated heterocycles. The zero-order chi connectivity index (χ0) is 15.4. The third-order valence-corrected chi connectivity index (χ3v) is 4.35. The van der Waals surface area contributed by atoms with Gasteiger partial charge in [-0.25, -0.2) is 0 Å². The van der Waals surface area contributed by atoms with E-state index in [1.165, 1.54) is 11.1 Å². The van der Waals surface area contributed by atoms with Gasteiger partial charge in [-0.3, -0.25) is 4.90 Å². The van der Waals surface area contributed by atoms with Crippen LogP contribution in [0.1, 0.15) is 18.1 Å². The van der Waals surface area contributed by atoms with Crippen molar-refractivity contribution in [1.82, 2.24) is 4.90 Å². The average Bonchev–Trinajstić information content (AvgIpc) is 2.85. The Balaban J connectivity index is 1.65. The topological polar surface area (TPSA) is 38.5 Å². The molecule has 1 fully saturated rings. The molecule has 0 amide bonds. The van der Waals surface area contributed by atoms with Gasteiger partial charge in [0.15, 0.2) is 0 Å². The van der Waals surface area contributed by atoms with E-state index in [1.807, 2.05) is 24.3 Å². The molecule has 0 radical (unpaired) electrons. The maximum atomic E-state index is 6.12. The summed E-state index contributed by atoms with van der Waals surface area (Å²) in [6.45, 7) is 5.77. The van der Waals surface area contributed by atoms with Crippen molar-refractivity contribution in [3.63, 3.8) is 0 Å². The monoisotopic (exact) mass is 296 g/mol. The summed E-state index contributed by atoms with van der Waals surface area (Å²) in [4.78, 5) is 2.42. The van der Waals surface area contributed by atoms with Crippen LogP contribution >= 0.6 is 0 Å². The van der Waals surface area contributed by atoms with Gasteiger partial charge in [-0.1, -0.05) is 55.5 Å². The van der Waals surface area contributed by atoms with E-state index < -0.39 is 0 Å². The summed E-state index contributed by atoms with van der Waals surface area (Å²) in [6, 6.07) is 18.9. The molecule has 1 heterocycles. The fourth-order valence-corrected chi connectivity index (χ4v) is 2.98. The van der Waals surface area contributed by atoms with E-state index in [4.69, 9.17) is 10.5 Å². The molecule has 1 aliphatic rings. The van der Waals surface area contributed by atoms with Gasteiger partial charge in [0.25, 0.3) is 0 Å². The molecule has 0 saturated carbocycles. The fraction of sp³-hybridized carbons (Fsp3) is 0.368. The van der Waals surface area contributed by atoms with Gasteiger partial charge in [-0.15, -0.1) is 0 Å². The molecule has 0 spiro atoms. The Labute approximate surface area is 132 Å². The van der Waals surface area contributed by atoms with Crippen LogP contribution < -0.4 is 10.5 Å². The Morgan fingerprint density at radius 1 is 1.05 bits per heavy atom. The quantitative estimate of drug-likeness (QED) is 0.921. The zero-order valence-electron chi connectivity index (χ0n) is 13.1. The lowest BCUT2D eigenvalue weighted by Crippen LogP contribution is -2.28. The number of likely N-dealkylation sites (tertiary alicyclic amines) is 1. The van der Waals surface area contributed by atoms with Gasteiger partial charge in [-0.2, -0.15) is 0 Å². The lowest BCUT2D eigenvalue weighted by Gasteiger charge is -2.18. The van der Waals surface area contributed by atoms with Gasteiger partial charge < -0.3 is 10.5 Å². The van der Waals surface area contributed by atoms with Crippen molar-refractivity contribution in [3.05, 3.63) is 65.7 Å². The molecule has 0 aromatic heterocycles. The van der Waals surface area contributed by atoms with Crippen LogP contribution in [0.4, 0.5) is 0 Å². The van der Waals surface area contributed by atoms with Crippen LogP contribution in [-0.4, -0.2) is 24.0 Å². The van der Waals surface area contributed by atoms with Gasteiger partial charge in [0.2, 0.25) is 0 Å². The Kier molecular flexibility index (Phi) is 4.76. The maximum Gasteiger partial charge on any atom is 0.124 e. The second-order valence-corrected chi connectivity index (χ2v) is 6.22. The molecule has 2 N–H and O–H groups in total. The summed E-state index contributed by atoms with van der Waals surface area (Å²) in [7, 11) is 0. The first kappa shape index (κ1) is 15.1. The van der Waals surface area contributed by atoms with E-state index in [2.05, 4.69) is 42.2 Å². The highest BCUT2D eigenvalue weighted by molar-refractivity contribution is 5.33. The van der Waals surface area contributed by atoms with E-state index in [9.17, 15) is 0 Å². The molecule has 3 heteroatoms. The highest BCUT2D eigenvalue weighted by Gasteiger charge is 2.26. The highest BCUT2D eigenvalue weighted by Crippen LogP contribution is 2.24. The molecular formula is C19H24N2O. The van der Waals surface area contributed by atoms with E-state index in [-0.39, 0.29) is 6.04 Å². The molecule has 0 bridgehead atoms. The number of hydrogen-bond acceptors (Lipinski definition) is 3. The fourth-order valence-electron chi connectivity index (χ4n) is 2.98. The lowest BCUT2D eigenvalue weighted by molar-refractivity contribution is 0.282. The van der Waals surface area contributed by atoms with Gasteiger partial charge in [0.1, 0.15) is 12.4 Å². The first-order valence-corrected chi connectivity index (χ1v) is 7.95. The van der Waals surface area contributed by atoms with Gasteiger partial charge >= 0.3 is 0 Å². The standard InChI is InChI=1S/C19H24N2O/c1-15-11-21(13-18(15)20)12-17-9-5-6-10-19(17)22-14-16-7-3-2-4-8-16/h2-10,15,18H,11-14,20H2,1H3. The number of ether oxygens (including phenoxy) is 1. The van der Waals surface area contributed by atoms with Crippen LogP contribution in [0.3, 0.4) is 0 Å². The largest absolute Gasteiger partial charge is 0.489 e. The van der Waals surface area contributed by atoms with E-state index >= 15 is 0 Å². The van der Waals surface area contributed by atoms with Crippen LogP contribution in [0.25, 0.3) is 0 Å². The number of benzene rings is 2. The summed E-state index contributed by atoms with van der Waals surface area (Å²) in [5, 5.41) is 0. The van der Waals surface area contributed by atoms with Crippen molar-refractivity contribution in [3.8, 4) is 5.75 Å². The molecule has 0 aliphatic carbocycles. The third-order valence-electron chi connectivity index (χ3n) is 4.35. The molecule has 2 atom stereocenters. The number of nitrogens with zero attached hydrogens (tertiary/aromatic N) is 1. The number of para-hydroxylation sites is 1. The molecule has 3 nitrogen and oxygen atoms in total. The lowest BCUT2D eigenvalue weighted by atomic mass is 10.1. The second kappa shape index (κ2) is 6.95. The van der Waals surface area contributed by atoms with E-state index in [1.54, 1.807) is 0 Å². The van der Waals surface area contributed by atoms with Gasteiger partial charge in [0, 0.05) is 31.2 Å². The maximum absolute atomic E-state index is 6.12. The van der Waals surface area contributed by atoms with Crippen molar-refractivity contribution >= 4 is 0 Å². The average molecular weight is 296 g/mol. The van der Waals surface area contributed by atoms with E-state index in [0.717, 1.165) is 25.4 Å². The van der Waals surface area contributed by atoms with Crippen molar-refractivity contribution < 1.29 is 4.74 Å². The van der Waals surface area contributed by atoms with Gasteiger partial charge in [0.05, 0.1) is 0 Å². The van der Waals surface area contributed by atoms with Crippen LogP contribution in [0, 0.1) is 5.92 Å². The second-order valence-electron chi connectivity index (χ2n) is 6.22. The summed E-state index contributed by atoms with van der Waals surface area (Å²) in [5.74, 6) is 1.54. The summed E-state index contributed by atoms with van der Waals surface area (Å²) in [6.07, 6.45) is 0. The van der Waals surface area contributed by atoms with Crippen molar-refractivity contribution in [2.45, 2.75) is 26.1 Å². The van der Waals surface area contributed by atoms with Gasteiger partial charge in [-0.05, 0) is 17.5 Å². The zero-order valence-corrected chi connectivity index (χ0v) is 13.1. The Bertz CT molecular complexity index is 589. The molecule has 2 unspecified atom stereocenters. The Hall–Kier alpha value is -1.84. The molecular weight excluding hydrogens is 272 g/mol. The molecule has 3 rings (SSSR count). The minimum Gasteiger partial charge on any atom is -0.489 e. The van der Waals surface area contributed by atoms with Crippen molar-refractivity contribution in [1.29, 1.82) is 0 Å². The summed E-state index contributed by atoms with van der Waals surface area (Å²) >= 11 is 0. The number of hydrogen-bond donors (Lipinski definition) is 1. The minimum atomic E-state index is 0.289. The third kappa shape index (κ3) is 3.67. The summed E-state index contributed by atoms with van der Waals surface area (Å²) < 4.78 is 6.03. The first-order chi connectivity index (χ1) is 10.7. The van der Waals surface area contributed by atoms with Crippen LogP contribution in [-0.2, 0) is 13.2 Å². The van der Waals surface area contributed by atoms with Crippen molar-refractivity contribution in [2.75, 3.05) is 13.1 Å². The normalized spacial score (nSPS) is 21.9. The number of nitrogens with two attached hydrogens (primary N) is 1. The van der Waals surface area contributed by atoms with E-state index in [0.29, 0.717) is 12.5 Å². The predicted octanol–water partition coefficient (Wildman–Crippen LogP) is 3.04. The van der Waals surface area contributed by atoms with Crippen LogP contribution in [0.2, 0.25) is 0 Å².